The molecule has 0 aliphatic heterocycles. The van der Waals surface area contributed by atoms with Crippen molar-refractivity contribution in [1.82, 2.24) is 0 Å². The van der Waals surface area contributed by atoms with Gasteiger partial charge in [0, 0.05) is 25.7 Å². The number of phosphoric acid groups is 2. The highest BCUT2D eigenvalue weighted by Gasteiger charge is 2.30. The van der Waals surface area contributed by atoms with Gasteiger partial charge in [0.1, 0.15) is 19.3 Å². The van der Waals surface area contributed by atoms with Crippen LogP contribution in [0.15, 0.2) is 0 Å². The van der Waals surface area contributed by atoms with Gasteiger partial charge in [0.05, 0.1) is 26.4 Å². The molecule has 0 saturated heterocycles. The van der Waals surface area contributed by atoms with Crippen LogP contribution >= 0.6 is 15.6 Å². The average molecular weight is 1480 g/mol. The van der Waals surface area contributed by atoms with Crippen molar-refractivity contribution in [3.05, 3.63) is 0 Å². The Kier molecular flexibility index (Phi) is 72.2. The molecule has 0 fully saturated rings. The van der Waals surface area contributed by atoms with Crippen molar-refractivity contribution in [3.63, 3.8) is 0 Å². The van der Waals surface area contributed by atoms with E-state index in [1.807, 2.05) is 0 Å². The van der Waals surface area contributed by atoms with Crippen LogP contribution in [0.2, 0.25) is 0 Å². The number of esters is 4. The Balaban J connectivity index is 5.23. The summed E-state index contributed by atoms with van der Waals surface area (Å²) in [5.41, 5.74) is 0. The van der Waals surface area contributed by atoms with Gasteiger partial charge >= 0.3 is 39.5 Å². The third-order valence-corrected chi connectivity index (χ3v) is 21.5. The molecule has 101 heavy (non-hydrogen) atoms. The van der Waals surface area contributed by atoms with E-state index in [-0.39, 0.29) is 25.7 Å². The van der Waals surface area contributed by atoms with E-state index in [4.69, 9.17) is 37.0 Å². The molecule has 0 heterocycles. The monoisotopic (exact) mass is 1480 g/mol. The summed E-state index contributed by atoms with van der Waals surface area (Å²) in [4.78, 5) is 73.0. The highest BCUT2D eigenvalue weighted by molar-refractivity contribution is 7.47. The van der Waals surface area contributed by atoms with Gasteiger partial charge in [-0.3, -0.25) is 37.3 Å². The molecule has 0 aromatic heterocycles. The van der Waals surface area contributed by atoms with Crippen molar-refractivity contribution in [2.75, 3.05) is 39.6 Å². The largest absolute Gasteiger partial charge is 0.472 e. The van der Waals surface area contributed by atoms with Crippen molar-refractivity contribution in [3.8, 4) is 0 Å². The molecule has 0 aliphatic carbocycles. The molecule has 3 unspecified atom stereocenters. The van der Waals surface area contributed by atoms with Crippen molar-refractivity contribution >= 4 is 39.5 Å². The minimum absolute atomic E-state index is 0.106. The van der Waals surface area contributed by atoms with Crippen LogP contribution in [0, 0.1) is 11.8 Å². The topological polar surface area (TPSA) is 237 Å². The zero-order chi connectivity index (χ0) is 74.2. The molecule has 0 spiro atoms. The van der Waals surface area contributed by atoms with Crippen molar-refractivity contribution < 1.29 is 80.2 Å². The standard InChI is InChI=1S/C82H160O17P2/c1-7-10-12-14-16-18-20-21-22-23-24-25-26-27-32-36-42-48-54-60-66-81(86)98-77(70-93-80(85)65-59-53-47-41-35-31-29-28-30-34-39-45-51-57-63-75(6)9-3)72-96-100(88,89)94-68-76(83)69-95-101(90,91)97-73-78(71-92-79(84)64-58-52-46-40-33-19-17-15-13-11-8-2)99-82(87)67-61-55-49-43-37-38-44-50-56-62-74(4)5/h74-78,83H,7-73H2,1-6H3,(H,88,89)(H,90,91)/t75?,76-,77-,78-/m1/s1. The number of rotatable bonds is 81. The second-order valence-corrected chi connectivity index (χ2v) is 33.1. The number of carbonyl (C=O) groups is 4. The Morgan fingerprint density at radius 1 is 0.287 bits per heavy atom. The van der Waals surface area contributed by atoms with E-state index in [2.05, 4.69) is 41.5 Å². The number of ether oxygens (including phenoxy) is 4. The first-order chi connectivity index (χ1) is 48.9. The SMILES string of the molecule is CCCCCCCCCCCCCCCCCCCCCCC(=O)O[C@H](COC(=O)CCCCCCCCCCCCCCCCC(C)CC)COP(=O)(O)OC[C@@H](O)COP(=O)(O)OC[C@@H](COC(=O)CCCCCCCCCCCCC)OC(=O)CCCCCCCCCCCC(C)C. The molecular formula is C82H160O17P2. The Morgan fingerprint density at radius 3 is 0.752 bits per heavy atom. The quantitative estimate of drug-likeness (QED) is 0.0222. The normalized spacial score (nSPS) is 14.2. The molecule has 17 nitrogen and oxygen atoms in total. The highest BCUT2D eigenvalue weighted by Crippen LogP contribution is 2.45. The van der Waals surface area contributed by atoms with E-state index in [0.29, 0.717) is 25.7 Å². The molecule has 0 aromatic rings. The number of hydrogen-bond donors (Lipinski definition) is 3. The lowest BCUT2D eigenvalue weighted by Gasteiger charge is -2.21. The second kappa shape index (κ2) is 73.6. The van der Waals surface area contributed by atoms with E-state index < -0.39 is 97.5 Å². The van der Waals surface area contributed by atoms with Gasteiger partial charge in [-0.1, -0.05) is 382 Å². The molecule has 600 valence electrons. The van der Waals surface area contributed by atoms with Crippen LogP contribution in [0.1, 0.15) is 433 Å². The Bertz CT molecular complexity index is 1940. The fourth-order valence-corrected chi connectivity index (χ4v) is 14.3. The zero-order valence-electron chi connectivity index (χ0n) is 66.2. The van der Waals surface area contributed by atoms with Gasteiger partial charge in [-0.05, 0) is 37.5 Å². The summed E-state index contributed by atoms with van der Waals surface area (Å²) in [6.07, 6.45) is 63.8. The fraction of sp³-hybridized carbons (Fsp3) is 0.951. The lowest BCUT2D eigenvalue weighted by atomic mass is 9.99. The van der Waals surface area contributed by atoms with Crippen LogP contribution in [0.5, 0.6) is 0 Å². The lowest BCUT2D eigenvalue weighted by Crippen LogP contribution is -2.30. The van der Waals surface area contributed by atoms with Crippen LogP contribution in [0.25, 0.3) is 0 Å². The molecular weight excluding hydrogens is 1320 g/mol. The van der Waals surface area contributed by atoms with Crippen LogP contribution in [-0.4, -0.2) is 96.7 Å². The van der Waals surface area contributed by atoms with Gasteiger partial charge in [-0.2, -0.15) is 0 Å². The summed E-state index contributed by atoms with van der Waals surface area (Å²) < 4.78 is 68.7. The molecule has 0 radical (unpaired) electrons. The average Bonchev–Trinajstić information content (AvgIpc) is 0.941. The maximum atomic E-state index is 13.1. The smallest absolute Gasteiger partial charge is 0.462 e. The molecule has 0 aliphatic rings. The molecule has 0 saturated carbocycles. The maximum Gasteiger partial charge on any atom is 0.472 e. The minimum atomic E-state index is -4.96. The predicted molar refractivity (Wildman–Crippen MR) is 414 cm³/mol. The summed E-state index contributed by atoms with van der Waals surface area (Å²) in [6.45, 7) is 9.67. The van der Waals surface area contributed by atoms with Crippen LogP contribution in [-0.2, 0) is 65.4 Å². The number of phosphoric ester groups is 2. The summed E-state index contributed by atoms with van der Waals surface area (Å²) in [5, 5.41) is 10.6. The zero-order valence-corrected chi connectivity index (χ0v) is 68.0. The van der Waals surface area contributed by atoms with Gasteiger partial charge in [0.2, 0.25) is 0 Å². The van der Waals surface area contributed by atoms with Gasteiger partial charge in [-0.25, -0.2) is 9.13 Å². The highest BCUT2D eigenvalue weighted by atomic mass is 31.2. The van der Waals surface area contributed by atoms with Crippen molar-refractivity contribution in [2.45, 2.75) is 452 Å². The Labute approximate surface area is 619 Å². The Morgan fingerprint density at radius 2 is 0.505 bits per heavy atom. The molecule has 6 atom stereocenters. The van der Waals surface area contributed by atoms with E-state index in [1.165, 1.54) is 250 Å². The second-order valence-electron chi connectivity index (χ2n) is 30.2. The molecule has 0 aromatic carbocycles. The first-order valence-corrected chi connectivity index (χ1v) is 45.5. The third-order valence-electron chi connectivity index (χ3n) is 19.6. The minimum Gasteiger partial charge on any atom is -0.462 e. The number of aliphatic hydroxyl groups is 1. The predicted octanol–water partition coefficient (Wildman–Crippen LogP) is 24.7. The van der Waals surface area contributed by atoms with Gasteiger partial charge < -0.3 is 33.8 Å². The number of carbonyl (C=O) groups excluding carboxylic acids is 4. The summed E-state index contributed by atoms with van der Waals surface area (Å²) in [5.74, 6) is -0.521. The van der Waals surface area contributed by atoms with Gasteiger partial charge in [0.15, 0.2) is 12.2 Å². The number of unbranched alkanes of at least 4 members (excludes halogenated alkanes) is 50. The molecule has 19 heteroatoms. The van der Waals surface area contributed by atoms with Crippen LogP contribution in [0.3, 0.4) is 0 Å². The summed E-state index contributed by atoms with van der Waals surface area (Å²) in [7, 11) is -9.92. The van der Waals surface area contributed by atoms with E-state index >= 15 is 0 Å². The van der Waals surface area contributed by atoms with Crippen molar-refractivity contribution in [2.24, 2.45) is 11.8 Å². The summed E-state index contributed by atoms with van der Waals surface area (Å²) >= 11 is 0. The van der Waals surface area contributed by atoms with Crippen molar-refractivity contribution in [1.29, 1.82) is 0 Å². The number of aliphatic hydroxyl groups excluding tert-OH is 1. The fourth-order valence-electron chi connectivity index (χ4n) is 12.7. The lowest BCUT2D eigenvalue weighted by molar-refractivity contribution is -0.161. The third kappa shape index (κ3) is 74.7. The molecule has 0 bridgehead atoms. The first-order valence-electron chi connectivity index (χ1n) is 42.5. The van der Waals surface area contributed by atoms with E-state index in [0.717, 1.165) is 102 Å². The van der Waals surface area contributed by atoms with Crippen LogP contribution < -0.4 is 0 Å². The molecule has 0 rings (SSSR count). The van der Waals surface area contributed by atoms with Gasteiger partial charge in [0.25, 0.3) is 0 Å². The molecule has 3 N–H and O–H groups in total. The Hall–Kier alpha value is -1.94. The first kappa shape index (κ1) is 99.1. The van der Waals surface area contributed by atoms with E-state index in [9.17, 15) is 43.2 Å². The number of hydrogen-bond acceptors (Lipinski definition) is 15. The summed E-state index contributed by atoms with van der Waals surface area (Å²) in [6, 6.07) is 0. The maximum absolute atomic E-state index is 13.1. The van der Waals surface area contributed by atoms with Crippen LogP contribution in [0.4, 0.5) is 0 Å². The molecule has 0 amide bonds. The van der Waals surface area contributed by atoms with Gasteiger partial charge in [-0.15, -0.1) is 0 Å². The van der Waals surface area contributed by atoms with E-state index in [1.54, 1.807) is 0 Å².